The SMILES string of the molecule is CC(N)C(C)C(=O)NCc1cc(F)ccc1F. The van der Waals surface area contributed by atoms with Crippen molar-refractivity contribution >= 4 is 5.91 Å². The fourth-order valence-electron chi connectivity index (χ4n) is 1.26. The first-order valence-electron chi connectivity index (χ1n) is 5.39. The third-order valence-electron chi connectivity index (χ3n) is 2.66. The molecule has 0 aliphatic rings. The molecule has 1 rings (SSSR count). The lowest BCUT2D eigenvalue weighted by atomic mass is 10.0. The molecule has 1 amide bonds. The molecule has 0 spiro atoms. The predicted octanol–water partition coefficient (Wildman–Crippen LogP) is 1.56. The van der Waals surface area contributed by atoms with Gasteiger partial charge in [0.2, 0.25) is 5.91 Å². The van der Waals surface area contributed by atoms with Crippen LogP contribution in [0.2, 0.25) is 0 Å². The van der Waals surface area contributed by atoms with E-state index >= 15 is 0 Å². The summed E-state index contributed by atoms with van der Waals surface area (Å²) < 4.78 is 26.1. The zero-order chi connectivity index (χ0) is 13.0. The number of hydrogen-bond donors (Lipinski definition) is 2. The normalized spacial score (nSPS) is 14.2. The summed E-state index contributed by atoms with van der Waals surface area (Å²) in [5, 5.41) is 2.52. The van der Waals surface area contributed by atoms with Gasteiger partial charge in [0.15, 0.2) is 0 Å². The Morgan fingerprint density at radius 2 is 2.06 bits per heavy atom. The van der Waals surface area contributed by atoms with E-state index in [9.17, 15) is 13.6 Å². The predicted molar refractivity (Wildman–Crippen MR) is 61.0 cm³/mol. The van der Waals surface area contributed by atoms with Crippen LogP contribution in [0.25, 0.3) is 0 Å². The molecule has 2 unspecified atom stereocenters. The fraction of sp³-hybridized carbons (Fsp3) is 0.417. The third-order valence-corrected chi connectivity index (χ3v) is 2.66. The van der Waals surface area contributed by atoms with E-state index in [0.29, 0.717) is 0 Å². The summed E-state index contributed by atoms with van der Waals surface area (Å²) >= 11 is 0. The van der Waals surface area contributed by atoms with E-state index < -0.39 is 11.6 Å². The van der Waals surface area contributed by atoms with Crippen LogP contribution in [0.1, 0.15) is 19.4 Å². The number of nitrogens with one attached hydrogen (secondary N) is 1. The van der Waals surface area contributed by atoms with Crippen molar-refractivity contribution in [3.63, 3.8) is 0 Å². The van der Waals surface area contributed by atoms with Crippen molar-refractivity contribution < 1.29 is 13.6 Å². The van der Waals surface area contributed by atoms with Crippen molar-refractivity contribution in [1.82, 2.24) is 5.32 Å². The Morgan fingerprint density at radius 1 is 1.41 bits per heavy atom. The third kappa shape index (κ3) is 3.78. The number of carbonyl (C=O) groups excluding carboxylic acids is 1. The lowest BCUT2D eigenvalue weighted by Crippen LogP contribution is -2.38. The monoisotopic (exact) mass is 242 g/mol. The van der Waals surface area contributed by atoms with Gasteiger partial charge in [-0.05, 0) is 25.1 Å². The smallest absolute Gasteiger partial charge is 0.224 e. The lowest BCUT2D eigenvalue weighted by Gasteiger charge is -2.15. The standard InChI is InChI=1S/C12H16F2N2O/c1-7(8(2)15)12(17)16-6-9-5-10(13)3-4-11(9)14/h3-5,7-8H,6,15H2,1-2H3,(H,16,17). The second-order valence-electron chi connectivity index (χ2n) is 4.10. The molecule has 0 aliphatic carbocycles. The Labute approximate surface area is 99.0 Å². The first-order chi connectivity index (χ1) is 7.91. The molecule has 0 saturated carbocycles. The molecule has 1 aromatic carbocycles. The average molecular weight is 242 g/mol. The molecule has 0 heterocycles. The second-order valence-corrected chi connectivity index (χ2v) is 4.10. The minimum atomic E-state index is -0.542. The van der Waals surface area contributed by atoms with Gasteiger partial charge in [0.25, 0.3) is 0 Å². The summed E-state index contributed by atoms with van der Waals surface area (Å²) in [5.41, 5.74) is 5.69. The summed E-state index contributed by atoms with van der Waals surface area (Å²) in [4.78, 5) is 11.5. The summed E-state index contributed by atoms with van der Waals surface area (Å²) in [5.74, 6) is -1.72. The van der Waals surface area contributed by atoms with Crippen LogP contribution in [0.15, 0.2) is 18.2 Å². The number of benzene rings is 1. The minimum Gasteiger partial charge on any atom is -0.352 e. The number of carbonyl (C=O) groups is 1. The van der Waals surface area contributed by atoms with Crippen molar-refractivity contribution in [2.45, 2.75) is 26.4 Å². The van der Waals surface area contributed by atoms with E-state index in [1.54, 1.807) is 13.8 Å². The summed E-state index contributed by atoms with van der Waals surface area (Å²) in [6.45, 7) is 3.36. The number of rotatable bonds is 4. The Balaban J connectivity index is 2.61. The highest BCUT2D eigenvalue weighted by molar-refractivity contribution is 5.78. The highest BCUT2D eigenvalue weighted by atomic mass is 19.1. The molecule has 0 saturated heterocycles. The quantitative estimate of drug-likeness (QED) is 0.842. The van der Waals surface area contributed by atoms with Gasteiger partial charge in [0.05, 0.1) is 0 Å². The molecule has 5 heteroatoms. The summed E-state index contributed by atoms with van der Waals surface area (Å²) in [6.07, 6.45) is 0. The number of nitrogens with two attached hydrogens (primary N) is 1. The average Bonchev–Trinajstić information content (AvgIpc) is 2.28. The molecule has 1 aromatic rings. The largest absolute Gasteiger partial charge is 0.352 e. The van der Waals surface area contributed by atoms with Gasteiger partial charge in [-0.1, -0.05) is 6.92 Å². The van der Waals surface area contributed by atoms with Gasteiger partial charge < -0.3 is 11.1 Å². The summed E-state index contributed by atoms with van der Waals surface area (Å²) in [6, 6.07) is 2.84. The molecule has 0 fully saturated rings. The van der Waals surface area contributed by atoms with Crippen molar-refractivity contribution in [2.24, 2.45) is 11.7 Å². The number of halogens is 2. The Bertz CT molecular complexity index is 407. The van der Waals surface area contributed by atoms with E-state index in [0.717, 1.165) is 18.2 Å². The van der Waals surface area contributed by atoms with Gasteiger partial charge in [-0.25, -0.2) is 8.78 Å². The molecule has 17 heavy (non-hydrogen) atoms. The maximum Gasteiger partial charge on any atom is 0.224 e. The van der Waals surface area contributed by atoms with Crippen LogP contribution >= 0.6 is 0 Å². The molecular weight excluding hydrogens is 226 g/mol. The van der Waals surface area contributed by atoms with Crippen LogP contribution in [0.5, 0.6) is 0 Å². The Morgan fingerprint density at radius 3 is 2.65 bits per heavy atom. The topological polar surface area (TPSA) is 55.1 Å². The second kappa shape index (κ2) is 5.72. The zero-order valence-electron chi connectivity index (χ0n) is 9.84. The maximum atomic E-state index is 13.2. The molecule has 2 atom stereocenters. The van der Waals surface area contributed by atoms with Gasteiger partial charge in [0, 0.05) is 24.1 Å². The maximum absolute atomic E-state index is 13.2. The first kappa shape index (κ1) is 13.6. The minimum absolute atomic E-state index is 0.0422. The van der Waals surface area contributed by atoms with Crippen LogP contribution in [0.4, 0.5) is 8.78 Å². The van der Waals surface area contributed by atoms with Crippen molar-refractivity contribution in [3.8, 4) is 0 Å². The van der Waals surface area contributed by atoms with E-state index in [1.165, 1.54) is 0 Å². The van der Waals surface area contributed by atoms with Crippen LogP contribution < -0.4 is 11.1 Å². The van der Waals surface area contributed by atoms with Crippen LogP contribution in [-0.4, -0.2) is 11.9 Å². The van der Waals surface area contributed by atoms with Gasteiger partial charge in [-0.3, -0.25) is 4.79 Å². The fourth-order valence-corrected chi connectivity index (χ4v) is 1.26. The van der Waals surface area contributed by atoms with Crippen LogP contribution in [0, 0.1) is 17.6 Å². The first-order valence-corrected chi connectivity index (χ1v) is 5.39. The van der Waals surface area contributed by atoms with Gasteiger partial charge >= 0.3 is 0 Å². The number of amides is 1. The van der Waals surface area contributed by atoms with E-state index in [1.807, 2.05) is 0 Å². The molecule has 0 bridgehead atoms. The van der Waals surface area contributed by atoms with E-state index in [2.05, 4.69) is 5.32 Å². The molecule has 3 nitrogen and oxygen atoms in total. The lowest BCUT2D eigenvalue weighted by molar-refractivity contribution is -0.125. The molecule has 0 aliphatic heterocycles. The summed E-state index contributed by atoms with van der Waals surface area (Å²) in [7, 11) is 0. The van der Waals surface area contributed by atoms with Crippen molar-refractivity contribution in [3.05, 3.63) is 35.4 Å². The van der Waals surface area contributed by atoms with Gasteiger partial charge in [-0.15, -0.1) is 0 Å². The number of hydrogen-bond acceptors (Lipinski definition) is 2. The molecule has 94 valence electrons. The molecule has 0 aromatic heterocycles. The van der Waals surface area contributed by atoms with Crippen LogP contribution in [0.3, 0.4) is 0 Å². The molecular formula is C12H16F2N2O. The zero-order valence-corrected chi connectivity index (χ0v) is 9.84. The van der Waals surface area contributed by atoms with Gasteiger partial charge in [-0.2, -0.15) is 0 Å². The molecule has 0 radical (unpaired) electrons. The van der Waals surface area contributed by atoms with E-state index in [-0.39, 0.29) is 30.0 Å². The molecule has 3 N–H and O–H groups in total. The Kier molecular flexibility index (Phi) is 4.57. The Hall–Kier alpha value is -1.49. The van der Waals surface area contributed by atoms with Gasteiger partial charge in [0.1, 0.15) is 11.6 Å². The van der Waals surface area contributed by atoms with Crippen LogP contribution in [-0.2, 0) is 11.3 Å². The van der Waals surface area contributed by atoms with Crippen molar-refractivity contribution in [2.75, 3.05) is 0 Å². The van der Waals surface area contributed by atoms with E-state index in [4.69, 9.17) is 5.73 Å². The highest BCUT2D eigenvalue weighted by Crippen LogP contribution is 2.09. The highest BCUT2D eigenvalue weighted by Gasteiger charge is 2.17. The van der Waals surface area contributed by atoms with Crippen molar-refractivity contribution in [1.29, 1.82) is 0 Å².